The van der Waals surface area contributed by atoms with E-state index in [4.69, 9.17) is 21.1 Å². The Kier molecular flexibility index (Phi) is 8.38. The number of hydrogen-bond donors (Lipinski definition) is 2. The zero-order valence-electron chi connectivity index (χ0n) is 21.2. The number of ether oxygens (including phenoxy) is 2. The predicted octanol–water partition coefficient (Wildman–Crippen LogP) is 4.49. The zero-order valence-corrected chi connectivity index (χ0v) is 22.8. The van der Waals surface area contributed by atoms with Gasteiger partial charge in [-0.2, -0.15) is 9.29 Å². The normalized spacial score (nSPS) is 14.2. The number of benzene rings is 2. The highest BCUT2D eigenvalue weighted by molar-refractivity contribution is 7.89. The molecule has 1 fully saturated rings. The Morgan fingerprint density at radius 1 is 1.11 bits per heavy atom. The van der Waals surface area contributed by atoms with Crippen molar-refractivity contribution in [2.45, 2.75) is 24.8 Å². The van der Waals surface area contributed by atoms with Gasteiger partial charge >= 0.3 is 0 Å². The van der Waals surface area contributed by atoms with Crippen LogP contribution in [0.4, 0.5) is 28.8 Å². The summed E-state index contributed by atoms with van der Waals surface area (Å²) < 4.78 is 38.7. The number of halogens is 1. The third kappa shape index (κ3) is 6.07. The average molecular weight is 547 g/mol. The van der Waals surface area contributed by atoms with E-state index in [9.17, 15) is 8.42 Å². The minimum atomic E-state index is -3.74. The summed E-state index contributed by atoms with van der Waals surface area (Å²) in [5.74, 6) is 1.16. The van der Waals surface area contributed by atoms with Gasteiger partial charge in [0.25, 0.3) is 0 Å². The Labute approximate surface area is 222 Å². The third-order valence-electron chi connectivity index (χ3n) is 6.08. The highest BCUT2D eigenvalue weighted by Gasteiger charge is 2.26. The molecule has 10 nitrogen and oxygen atoms in total. The molecule has 0 amide bonds. The first kappa shape index (κ1) is 26.9. The number of nitrogens with zero attached hydrogens (tertiary/aromatic N) is 4. The first-order valence-corrected chi connectivity index (χ1v) is 13.7. The van der Waals surface area contributed by atoms with Gasteiger partial charge in [-0.1, -0.05) is 23.7 Å². The monoisotopic (exact) mass is 546 g/mol. The molecule has 4 rings (SSSR count). The van der Waals surface area contributed by atoms with E-state index in [-0.39, 0.29) is 27.7 Å². The maximum absolute atomic E-state index is 13.2. The minimum absolute atomic E-state index is 0.121. The number of rotatable bonds is 9. The molecule has 0 saturated carbocycles. The van der Waals surface area contributed by atoms with Crippen LogP contribution in [0.3, 0.4) is 0 Å². The fourth-order valence-corrected chi connectivity index (χ4v) is 5.44. The maximum Gasteiger partial charge on any atom is 0.245 e. The van der Waals surface area contributed by atoms with E-state index in [1.54, 1.807) is 38.4 Å². The molecule has 0 unspecified atom stereocenters. The SMILES string of the molecule is COc1cc(N2CCOCC2)ccc1Nc1ncc(Cl)c(Nc2ccccc2S(=O)(=O)N(C)C(C)C)n1. The molecule has 0 bridgehead atoms. The summed E-state index contributed by atoms with van der Waals surface area (Å²) in [5.41, 5.74) is 2.07. The lowest BCUT2D eigenvalue weighted by Crippen LogP contribution is -2.36. The van der Waals surface area contributed by atoms with Crippen LogP contribution in [0.15, 0.2) is 53.6 Å². The largest absolute Gasteiger partial charge is 0.494 e. The molecule has 37 heavy (non-hydrogen) atoms. The van der Waals surface area contributed by atoms with Crippen molar-refractivity contribution < 1.29 is 17.9 Å². The molecule has 1 aliphatic rings. The van der Waals surface area contributed by atoms with Crippen LogP contribution in [0.5, 0.6) is 5.75 Å². The van der Waals surface area contributed by atoms with Crippen LogP contribution in [0.1, 0.15) is 13.8 Å². The number of aromatic nitrogens is 2. The summed E-state index contributed by atoms with van der Waals surface area (Å²) in [6.07, 6.45) is 1.45. The fraction of sp³-hybridized carbons (Fsp3) is 0.360. The Morgan fingerprint density at radius 3 is 2.54 bits per heavy atom. The van der Waals surface area contributed by atoms with Gasteiger partial charge in [0.1, 0.15) is 15.7 Å². The van der Waals surface area contributed by atoms with Gasteiger partial charge in [0.05, 0.1) is 37.9 Å². The lowest BCUT2D eigenvalue weighted by molar-refractivity contribution is 0.122. The van der Waals surface area contributed by atoms with Crippen LogP contribution in [0.2, 0.25) is 5.02 Å². The molecule has 0 aliphatic carbocycles. The predicted molar refractivity (Wildman–Crippen MR) is 146 cm³/mol. The van der Waals surface area contributed by atoms with E-state index in [1.807, 2.05) is 32.0 Å². The second-order valence-corrected chi connectivity index (χ2v) is 11.1. The van der Waals surface area contributed by atoms with Crippen molar-refractivity contribution in [2.75, 3.05) is 56.0 Å². The van der Waals surface area contributed by atoms with Crippen molar-refractivity contribution in [3.05, 3.63) is 53.7 Å². The molecular weight excluding hydrogens is 516 g/mol. The fourth-order valence-electron chi connectivity index (χ4n) is 3.79. The molecule has 2 heterocycles. The second kappa shape index (κ2) is 11.5. The average Bonchev–Trinajstić information content (AvgIpc) is 2.91. The summed E-state index contributed by atoms with van der Waals surface area (Å²) in [7, 11) is -0.591. The van der Waals surface area contributed by atoms with Gasteiger partial charge in [-0.3, -0.25) is 0 Å². The Balaban J connectivity index is 1.60. The number of hydrogen-bond acceptors (Lipinski definition) is 9. The molecule has 0 atom stereocenters. The van der Waals surface area contributed by atoms with E-state index in [0.29, 0.717) is 30.3 Å². The van der Waals surface area contributed by atoms with Crippen molar-refractivity contribution in [1.29, 1.82) is 0 Å². The minimum Gasteiger partial charge on any atom is -0.494 e. The Bertz CT molecular complexity index is 1350. The van der Waals surface area contributed by atoms with E-state index >= 15 is 0 Å². The highest BCUT2D eigenvalue weighted by atomic mass is 35.5. The first-order chi connectivity index (χ1) is 17.7. The maximum atomic E-state index is 13.2. The van der Waals surface area contributed by atoms with Crippen LogP contribution >= 0.6 is 11.6 Å². The van der Waals surface area contributed by atoms with Gasteiger partial charge in [-0.15, -0.1) is 0 Å². The van der Waals surface area contributed by atoms with E-state index in [0.717, 1.165) is 18.8 Å². The standard InChI is InChI=1S/C25H31ClN6O4S/c1-17(2)31(3)37(33,34)23-8-6-5-7-21(23)28-24-19(26)16-27-25(30-24)29-20-10-9-18(15-22(20)35-4)32-11-13-36-14-12-32/h5-10,15-17H,11-14H2,1-4H3,(H2,27,28,29,30). The first-order valence-electron chi connectivity index (χ1n) is 11.8. The summed E-state index contributed by atoms with van der Waals surface area (Å²) >= 11 is 6.38. The van der Waals surface area contributed by atoms with E-state index in [1.165, 1.54) is 10.5 Å². The van der Waals surface area contributed by atoms with Gasteiger partial charge in [0, 0.05) is 37.9 Å². The number of para-hydroxylation sites is 1. The quantitative estimate of drug-likeness (QED) is 0.401. The zero-order chi connectivity index (χ0) is 26.6. The summed E-state index contributed by atoms with van der Waals surface area (Å²) in [5, 5.41) is 6.48. The van der Waals surface area contributed by atoms with Crippen LogP contribution in [0.25, 0.3) is 0 Å². The molecule has 198 valence electrons. The Morgan fingerprint density at radius 2 is 1.84 bits per heavy atom. The Hall–Kier alpha value is -3.12. The van der Waals surface area contributed by atoms with Crippen molar-refractivity contribution in [2.24, 2.45) is 0 Å². The number of sulfonamides is 1. The van der Waals surface area contributed by atoms with Gasteiger partial charge in [0.2, 0.25) is 16.0 Å². The van der Waals surface area contributed by atoms with Crippen LogP contribution in [0, 0.1) is 0 Å². The molecule has 0 spiro atoms. The third-order valence-corrected chi connectivity index (χ3v) is 8.44. The number of anilines is 5. The smallest absolute Gasteiger partial charge is 0.245 e. The molecular formula is C25H31ClN6O4S. The highest BCUT2D eigenvalue weighted by Crippen LogP contribution is 2.34. The van der Waals surface area contributed by atoms with Crippen LogP contribution in [-0.2, 0) is 14.8 Å². The molecule has 1 aromatic heterocycles. The van der Waals surface area contributed by atoms with E-state index in [2.05, 4.69) is 25.5 Å². The van der Waals surface area contributed by atoms with E-state index < -0.39 is 10.0 Å². The van der Waals surface area contributed by atoms with Crippen molar-refractivity contribution in [3.8, 4) is 5.75 Å². The van der Waals surface area contributed by atoms with Gasteiger partial charge in [-0.25, -0.2) is 13.4 Å². The van der Waals surface area contributed by atoms with Crippen LogP contribution < -0.4 is 20.3 Å². The summed E-state index contributed by atoms with van der Waals surface area (Å²) in [6.45, 7) is 6.64. The molecule has 3 aromatic rings. The summed E-state index contributed by atoms with van der Waals surface area (Å²) in [4.78, 5) is 11.1. The topological polar surface area (TPSA) is 109 Å². The molecule has 1 saturated heterocycles. The number of nitrogens with one attached hydrogen (secondary N) is 2. The van der Waals surface area contributed by atoms with Crippen molar-refractivity contribution in [3.63, 3.8) is 0 Å². The molecule has 12 heteroatoms. The van der Waals surface area contributed by atoms with Crippen molar-refractivity contribution >= 4 is 50.5 Å². The lowest BCUT2D eigenvalue weighted by Gasteiger charge is -2.29. The number of methoxy groups -OCH3 is 1. The second-order valence-electron chi connectivity index (χ2n) is 8.74. The van der Waals surface area contributed by atoms with Gasteiger partial charge in [0.15, 0.2) is 5.82 Å². The molecule has 2 N–H and O–H groups in total. The molecule has 2 aromatic carbocycles. The van der Waals surface area contributed by atoms with Crippen molar-refractivity contribution in [1.82, 2.24) is 14.3 Å². The lowest BCUT2D eigenvalue weighted by atomic mass is 10.2. The molecule has 1 aliphatic heterocycles. The summed E-state index contributed by atoms with van der Waals surface area (Å²) in [6, 6.07) is 12.3. The van der Waals surface area contributed by atoms with Crippen LogP contribution in [-0.4, -0.2) is 69.2 Å². The van der Waals surface area contributed by atoms with Gasteiger partial charge < -0.3 is 25.0 Å². The molecule has 0 radical (unpaired) electrons. The number of morpholine rings is 1. The van der Waals surface area contributed by atoms with Gasteiger partial charge in [-0.05, 0) is 38.1 Å².